The van der Waals surface area contributed by atoms with Gasteiger partial charge in [0.25, 0.3) is 0 Å². The second kappa shape index (κ2) is 4.84. The van der Waals surface area contributed by atoms with Crippen molar-refractivity contribution in [1.29, 1.82) is 0 Å². The summed E-state index contributed by atoms with van der Waals surface area (Å²) in [4.78, 5) is 14.3. The van der Waals surface area contributed by atoms with Gasteiger partial charge in [-0.1, -0.05) is 32.6 Å². The van der Waals surface area contributed by atoms with Gasteiger partial charge in [-0.3, -0.25) is 10.1 Å². The largest absolute Gasteiger partial charge is 0.325 e. The lowest BCUT2D eigenvalue weighted by molar-refractivity contribution is -0.130. The predicted octanol–water partition coefficient (Wildman–Crippen LogP) is 2.51. The molecule has 102 valence electrons. The molecule has 0 aromatic rings. The van der Waals surface area contributed by atoms with Gasteiger partial charge in [-0.2, -0.15) is 0 Å². The van der Waals surface area contributed by atoms with Gasteiger partial charge < -0.3 is 4.90 Å². The average Bonchev–Trinajstić information content (AvgIpc) is 3.03. The van der Waals surface area contributed by atoms with Crippen LogP contribution in [0, 0.1) is 11.3 Å². The lowest BCUT2D eigenvalue weighted by Crippen LogP contribution is -2.46. The maximum absolute atomic E-state index is 12.1. The zero-order chi connectivity index (χ0) is 12.6. The topological polar surface area (TPSA) is 32.3 Å². The first kappa shape index (κ1) is 12.5. The molecule has 2 aliphatic carbocycles. The molecule has 18 heavy (non-hydrogen) atoms. The van der Waals surface area contributed by atoms with Crippen LogP contribution in [0.15, 0.2) is 0 Å². The van der Waals surface area contributed by atoms with E-state index in [1.54, 1.807) is 0 Å². The molecule has 0 aromatic carbocycles. The molecule has 3 heteroatoms. The summed E-state index contributed by atoms with van der Waals surface area (Å²) in [6, 6.07) is 0. The van der Waals surface area contributed by atoms with E-state index in [4.69, 9.17) is 0 Å². The van der Waals surface area contributed by atoms with Crippen LogP contribution in [0.4, 0.5) is 0 Å². The number of nitrogens with one attached hydrogen (secondary N) is 1. The van der Waals surface area contributed by atoms with Crippen molar-refractivity contribution in [2.24, 2.45) is 11.3 Å². The van der Waals surface area contributed by atoms with Crippen LogP contribution >= 0.6 is 0 Å². The fourth-order valence-electron chi connectivity index (χ4n) is 4.24. The fraction of sp³-hybridized carbons (Fsp3) is 0.933. The maximum atomic E-state index is 12.1. The molecule has 0 radical (unpaired) electrons. The second-order valence-electron chi connectivity index (χ2n) is 6.91. The first-order valence-electron chi connectivity index (χ1n) is 7.71. The van der Waals surface area contributed by atoms with Gasteiger partial charge in [-0.25, -0.2) is 0 Å². The first-order chi connectivity index (χ1) is 8.68. The van der Waals surface area contributed by atoms with Crippen molar-refractivity contribution in [2.75, 3.05) is 13.1 Å². The van der Waals surface area contributed by atoms with Crippen LogP contribution in [0.2, 0.25) is 0 Å². The zero-order valence-corrected chi connectivity index (χ0v) is 11.6. The molecular weight excluding hydrogens is 224 g/mol. The number of amides is 1. The first-order valence-corrected chi connectivity index (χ1v) is 7.71. The minimum absolute atomic E-state index is 0.333. The van der Waals surface area contributed by atoms with E-state index in [-0.39, 0.29) is 0 Å². The van der Waals surface area contributed by atoms with Crippen molar-refractivity contribution < 1.29 is 4.79 Å². The lowest BCUT2D eigenvalue weighted by Gasteiger charge is -2.35. The average molecular weight is 250 g/mol. The summed E-state index contributed by atoms with van der Waals surface area (Å²) in [5.41, 5.74) is 0.387. The van der Waals surface area contributed by atoms with Crippen molar-refractivity contribution in [3.05, 3.63) is 0 Å². The quantitative estimate of drug-likeness (QED) is 0.834. The van der Waals surface area contributed by atoms with E-state index in [2.05, 4.69) is 17.1 Å². The number of hydrogen-bond acceptors (Lipinski definition) is 2. The molecule has 3 nitrogen and oxygen atoms in total. The normalized spacial score (nSPS) is 32.6. The van der Waals surface area contributed by atoms with Crippen LogP contribution in [0.1, 0.15) is 58.3 Å². The molecule has 1 aliphatic heterocycles. The minimum atomic E-state index is 0.333. The van der Waals surface area contributed by atoms with Gasteiger partial charge in [-0.15, -0.1) is 0 Å². The Morgan fingerprint density at radius 1 is 1.22 bits per heavy atom. The molecule has 0 aromatic heterocycles. The predicted molar refractivity (Wildman–Crippen MR) is 72.0 cm³/mol. The van der Waals surface area contributed by atoms with Crippen molar-refractivity contribution in [1.82, 2.24) is 10.2 Å². The molecule has 3 aliphatic rings. The molecule has 0 bridgehead atoms. The summed E-state index contributed by atoms with van der Waals surface area (Å²) >= 11 is 0. The summed E-state index contributed by atoms with van der Waals surface area (Å²) in [5, 5.41) is 3.47. The fourth-order valence-corrected chi connectivity index (χ4v) is 4.24. The monoisotopic (exact) mass is 250 g/mol. The highest BCUT2D eigenvalue weighted by molar-refractivity contribution is 5.80. The van der Waals surface area contributed by atoms with Gasteiger partial charge >= 0.3 is 0 Å². The number of rotatable bonds is 3. The third kappa shape index (κ3) is 2.29. The molecule has 1 unspecified atom stereocenters. The zero-order valence-electron chi connectivity index (χ0n) is 11.6. The molecule has 3 rings (SSSR count). The highest BCUT2D eigenvalue weighted by atomic mass is 16.2. The molecule has 0 spiro atoms. The van der Waals surface area contributed by atoms with Gasteiger partial charge in [0, 0.05) is 6.54 Å². The van der Waals surface area contributed by atoms with Gasteiger partial charge in [0.05, 0.1) is 12.7 Å². The summed E-state index contributed by atoms with van der Waals surface area (Å²) in [5.74, 6) is 1.04. The van der Waals surface area contributed by atoms with Crippen LogP contribution in [0.25, 0.3) is 0 Å². The third-order valence-corrected chi connectivity index (χ3v) is 5.33. The number of carbonyl (C=O) groups excluding carboxylic acids is 1. The van der Waals surface area contributed by atoms with E-state index >= 15 is 0 Å². The molecule has 1 amide bonds. The van der Waals surface area contributed by atoms with E-state index in [1.807, 2.05) is 0 Å². The summed E-state index contributed by atoms with van der Waals surface area (Å²) in [7, 11) is 0. The van der Waals surface area contributed by atoms with Crippen LogP contribution in [-0.2, 0) is 4.79 Å². The molecule has 1 saturated heterocycles. The van der Waals surface area contributed by atoms with E-state index in [9.17, 15) is 4.79 Å². The van der Waals surface area contributed by atoms with Crippen LogP contribution in [0.3, 0.4) is 0 Å². The summed E-state index contributed by atoms with van der Waals surface area (Å²) < 4.78 is 0. The Morgan fingerprint density at radius 2 is 1.89 bits per heavy atom. The van der Waals surface area contributed by atoms with Crippen molar-refractivity contribution in [3.63, 3.8) is 0 Å². The van der Waals surface area contributed by atoms with E-state index in [0.29, 0.717) is 30.0 Å². The van der Waals surface area contributed by atoms with E-state index in [1.165, 1.54) is 51.4 Å². The van der Waals surface area contributed by atoms with E-state index < -0.39 is 0 Å². The standard InChI is InChI=1S/C15H26N2O/c1-15(8-4-5-9-15)11-17-13(18)10-16-14(17)12-6-2-3-7-12/h12,14,16H,2-11H2,1H3. The Labute approximate surface area is 110 Å². The van der Waals surface area contributed by atoms with Gasteiger partial charge in [-0.05, 0) is 37.0 Å². The lowest BCUT2D eigenvalue weighted by atomic mass is 9.87. The molecule has 1 atom stereocenters. The summed E-state index contributed by atoms with van der Waals surface area (Å²) in [6.45, 7) is 3.93. The Morgan fingerprint density at radius 3 is 2.56 bits per heavy atom. The molecule has 1 N–H and O–H groups in total. The number of carbonyl (C=O) groups is 1. The van der Waals surface area contributed by atoms with E-state index in [0.717, 1.165) is 6.54 Å². The molecule has 3 fully saturated rings. The molecular formula is C15H26N2O. The Bertz CT molecular complexity index is 316. The third-order valence-electron chi connectivity index (χ3n) is 5.33. The second-order valence-corrected chi connectivity index (χ2v) is 6.91. The maximum Gasteiger partial charge on any atom is 0.237 e. The smallest absolute Gasteiger partial charge is 0.237 e. The summed E-state index contributed by atoms with van der Waals surface area (Å²) in [6.07, 6.45) is 10.9. The number of nitrogens with zero attached hydrogens (tertiary/aromatic N) is 1. The van der Waals surface area contributed by atoms with Crippen molar-refractivity contribution >= 4 is 5.91 Å². The van der Waals surface area contributed by atoms with Crippen molar-refractivity contribution in [2.45, 2.75) is 64.5 Å². The molecule has 1 heterocycles. The minimum Gasteiger partial charge on any atom is -0.325 e. The van der Waals surface area contributed by atoms with Crippen LogP contribution in [0.5, 0.6) is 0 Å². The highest BCUT2D eigenvalue weighted by Crippen LogP contribution is 2.40. The van der Waals surface area contributed by atoms with Gasteiger partial charge in [0.1, 0.15) is 0 Å². The Balaban J connectivity index is 1.68. The Kier molecular flexibility index (Phi) is 3.35. The van der Waals surface area contributed by atoms with Crippen LogP contribution < -0.4 is 5.32 Å². The van der Waals surface area contributed by atoms with Crippen molar-refractivity contribution in [3.8, 4) is 0 Å². The van der Waals surface area contributed by atoms with Gasteiger partial charge in [0.2, 0.25) is 5.91 Å². The van der Waals surface area contributed by atoms with Gasteiger partial charge in [0.15, 0.2) is 0 Å². The van der Waals surface area contributed by atoms with Crippen LogP contribution in [-0.4, -0.2) is 30.1 Å². The SMILES string of the molecule is CC1(CN2C(=O)CNC2C2CCCC2)CCCC1. The molecule has 2 saturated carbocycles. The Hall–Kier alpha value is -0.570. The highest BCUT2D eigenvalue weighted by Gasteiger charge is 2.41. The number of hydrogen-bond donors (Lipinski definition) is 1.